The van der Waals surface area contributed by atoms with Crippen molar-refractivity contribution in [2.45, 2.75) is 116 Å². The van der Waals surface area contributed by atoms with E-state index in [2.05, 4.69) is 66.7 Å². The van der Waals surface area contributed by atoms with Crippen LogP contribution in [0.2, 0.25) is 0 Å². The third kappa shape index (κ3) is 10.6. The highest BCUT2D eigenvalue weighted by Gasteiger charge is 2.37. The number of carbonyl (C=O) groups excluding carboxylic acids is 1. The van der Waals surface area contributed by atoms with Gasteiger partial charge < -0.3 is 24.2 Å². The Morgan fingerprint density at radius 3 is 2.26 bits per heavy atom. The average molecular weight is 601 g/mol. The van der Waals surface area contributed by atoms with Gasteiger partial charge in [-0.25, -0.2) is 0 Å². The predicted octanol–water partition coefficient (Wildman–Crippen LogP) is 6.96. The number of ether oxygens (including phenoxy) is 2. The predicted molar refractivity (Wildman–Crippen MR) is 180 cm³/mol. The number of carbonyl (C=O) groups is 1. The number of likely N-dealkylation sites (tertiary alicyclic amines) is 1. The maximum Gasteiger partial charge on any atom is 0.236 e. The molecule has 4 rings (SSSR count). The van der Waals surface area contributed by atoms with E-state index in [0.717, 1.165) is 89.3 Å². The van der Waals surface area contributed by atoms with Crippen molar-refractivity contribution < 1.29 is 14.3 Å². The van der Waals surface area contributed by atoms with E-state index in [1.807, 2.05) is 13.8 Å². The summed E-state index contributed by atoms with van der Waals surface area (Å²) in [6.07, 6.45) is 12.9. The zero-order chi connectivity index (χ0) is 31.2. The highest BCUT2D eigenvalue weighted by molar-refractivity contribution is 5.78. The number of hydrogen-bond donors (Lipinski definition) is 0. The van der Waals surface area contributed by atoms with Crippen LogP contribution in [0, 0.1) is 0 Å². The normalized spacial score (nSPS) is 19.9. The molecule has 0 bridgehead atoms. The monoisotopic (exact) mass is 600 g/mol. The number of amides is 1. The maximum atomic E-state index is 13.8. The fourth-order valence-corrected chi connectivity index (χ4v) is 6.66. The number of fused-ring (bicyclic) bond motifs is 1. The summed E-state index contributed by atoms with van der Waals surface area (Å²) < 4.78 is 11.8. The summed E-state index contributed by atoms with van der Waals surface area (Å²) in [5.41, 5.74) is 2.73. The van der Waals surface area contributed by atoms with Crippen molar-refractivity contribution in [1.82, 2.24) is 19.6 Å². The summed E-state index contributed by atoms with van der Waals surface area (Å²) in [6, 6.07) is 5.09. The molecule has 0 N–H and O–H groups in total. The molecular weight excluding hydrogens is 536 g/mol. The van der Waals surface area contributed by atoms with E-state index >= 15 is 0 Å². The van der Waals surface area contributed by atoms with Crippen LogP contribution in [0.4, 0.5) is 0 Å². The van der Waals surface area contributed by atoms with Crippen LogP contribution < -0.4 is 9.47 Å². The van der Waals surface area contributed by atoms with Crippen molar-refractivity contribution in [2.24, 2.45) is 0 Å². The molecule has 2 fully saturated rings. The first kappa shape index (κ1) is 35.6. The van der Waals surface area contributed by atoms with Crippen molar-refractivity contribution in [1.29, 1.82) is 0 Å². The quantitative estimate of drug-likeness (QED) is 0.170. The fourth-order valence-electron chi connectivity index (χ4n) is 6.66. The van der Waals surface area contributed by atoms with Gasteiger partial charge in [0.05, 0.1) is 6.54 Å². The molecule has 2 atom stereocenters. The van der Waals surface area contributed by atoms with Crippen molar-refractivity contribution in [3.63, 3.8) is 0 Å². The molecule has 0 aromatic heterocycles. The third-order valence-electron chi connectivity index (χ3n) is 9.56. The van der Waals surface area contributed by atoms with Gasteiger partial charge in [0.25, 0.3) is 0 Å². The fraction of sp³-hybridized carbons (Fsp3) is 0.806. The molecule has 7 heteroatoms. The van der Waals surface area contributed by atoms with Gasteiger partial charge in [-0.05, 0) is 116 Å². The van der Waals surface area contributed by atoms with Gasteiger partial charge in [-0.2, -0.15) is 0 Å². The molecule has 0 radical (unpaired) electrons. The summed E-state index contributed by atoms with van der Waals surface area (Å²) in [5.74, 6) is 3.25. The number of unbranched alkanes of at least 4 members (excludes halogenated alkanes) is 3. The topological polar surface area (TPSA) is 48.5 Å². The molecule has 1 saturated carbocycles. The highest BCUT2D eigenvalue weighted by atomic mass is 16.7. The van der Waals surface area contributed by atoms with Gasteiger partial charge in [-0.15, -0.1) is 0 Å². The lowest BCUT2D eigenvalue weighted by Gasteiger charge is -2.29. The molecule has 246 valence electrons. The Kier molecular flexibility index (Phi) is 15.6. The van der Waals surface area contributed by atoms with Crippen LogP contribution in [-0.4, -0.2) is 105 Å². The van der Waals surface area contributed by atoms with Crippen LogP contribution in [-0.2, 0) is 4.79 Å². The second kappa shape index (κ2) is 18.9. The van der Waals surface area contributed by atoms with Gasteiger partial charge in [0, 0.05) is 31.2 Å². The molecule has 2 unspecified atom stereocenters. The molecule has 1 saturated heterocycles. The maximum absolute atomic E-state index is 13.8. The molecule has 7 nitrogen and oxygen atoms in total. The summed E-state index contributed by atoms with van der Waals surface area (Å²) in [7, 11) is 6.50. The van der Waals surface area contributed by atoms with Gasteiger partial charge in [0.15, 0.2) is 11.5 Å². The smallest absolute Gasteiger partial charge is 0.236 e. The Balaban J connectivity index is 0.00000248. The Hall–Kier alpha value is -1.83. The molecule has 0 spiro atoms. The molecule has 1 aliphatic carbocycles. The summed E-state index contributed by atoms with van der Waals surface area (Å²) >= 11 is 0. The van der Waals surface area contributed by atoms with Crippen LogP contribution in [0.5, 0.6) is 11.5 Å². The largest absolute Gasteiger partial charge is 0.454 e. The minimum absolute atomic E-state index is 0.314. The molecule has 3 aliphatic rings. The van der Waals surface area contributed by atoms with Crippen LogP contribution in [0.3, 0.4) is 0 Å². The number of nitrogens with zero attached hydrogens (tertiary/aromatic N) is 4. The van der Waals surface area contributed by atoms with Crippen molar-refractivity contribution >= 4 is 5.91 Å². The molecule has 1 aromatic rings. The van der Waals surface area contributed by atoms with Gasteiger partial charge >= 0.3 is 0 Å². The first-order valence-corrected chi connectivity index (χ1v) is 17.7. The van der Waals surface area contributed by atoms with E-state index in [0.29, 0.717) is 37.1 Å². The van der Waals surface area contributed by atoms with E-state index in [9.17, 15) is 4.79 Å². The molecule has 2 heterocycles. The van der Waals surface area contributed by atoms with Crippen molar-refractivity contribution in [3.05, 3.63) is 23.3 Å². The number of benzene rings is 1. The Labute approximate surface area is 264 Å². The number of rotatable bonds is 18. The lowest BCUT2D eigenvalue weighted by atomic mass is 9.78. The van der Waals surface area contributed by atoms with E-state index in [1.165, 1.54) is 43.2 Å². The van der Waals surface area contributed by atoms with Crippen LogP contribution in [0.15, 0.2) is 12.1 Å². The van der Waals surface area contributed by atoms with E-state index < -0.39 is 0 Å². The minimum Gasteiger partial charge on any atom is -0.454 e. The van der Waals surface area contributed by atoms with Gasteiger partial charge in [0.1, 0.15) is 0 Å². The van der Waals surface area contributed by atoms with E-state index in [-0.39, 0.29) is 0 Å². The second-order valence-corrected chi connectivity index (χ2v) is 13.2. The van der Waals surface area contributed by atoms with Crippen molar-refractivity contribution in [3.8, 4) is 11.5 Å². The van der Waals surface area contributed by atoms with E-state index in [4.69, 9.17) is 9.47 Å². The van der Waals surface area contributed by atoms with Gasteiger partial charge in [0.2, 0.25) is 12.7 Å². The molecular formula is C36H64N4O3. The summed E-state index contributed by atoms with van der Waals surface area (Å²) in [5, 5.41) is 0. The zero-order valence-electron chi connectivity index (χ0n) is 28.8. The van der Waals surface area contributed by atoms with Crippen LogP contribution in [0.1, 0.15) is 121 Å². The van der Waals surface area contributed by atoms with Gasteiger partial charge in [-0.1, -0.05) is 53.0 Å². The lowest BCUT2D eigenvalue weighted by molar-refractivity contribution is -0.132. The number of hydrogen-bond acceptors (Lipinski definition) is 6. The summed E-state index contributed by atoms with van der Waals surface area (Å²) in [4.78, 5) is 23.2. The first-order valence-electron chi connectivity index (χ1n) is 17.7. The lowest BCUT2D eigenvalue weighted by Crippen LogP contribution is -2.43. The van der Waals surface area contributed by atoms with E-state index in [1.54, 1.807) is 0 Å². The molecule has 1 aromatic carbocycles. The SMILES string of the molecule is CC.CCCCN(C)CCC1CC(c2cc3c(c(C4CCC4)c2)OCO3)CN1CC(=O)N(CCCC)CCCCN(C)C. The third-order valence-corrected chi connectivity index (χ3v) is 9.56. The molecule has 43 heavy (non-hydrogen) atoms. The second-order valence-electron chi connectivity index (χ2n) is 13.2. The summed E-state index contributed by atoms with van der Waals surface area (Å²) in [6.45, 7) is 15.4. The Bertz CT molecular complexity index is 951. The zero-order valence-corrected chi connectivity index (χ0v) is 28.8. The molecule has 1 amide bonds. The van der Waals surface area contributed by atoms with Crippen molar-refractivity contribution in [2.75, 3.05) is 73.7 Å². The Morgan fingerprint density at radius 2 is 1.58 bits per heavy atom. The molecule has 2 aliphatic heterocycles. The highest BCUT2D eigenvalue weighted by Crippen LogP contribution is 2.48. The minimum atomic E-state index is 0.314. The van der Waals surface area contributed by atoms with Crippen LogP contribution in [0.25, 0.3) is 0 Å². The first-order chi connectivity index (χ1) is 20.9. The van der Waals surface area contributed by atoms with Gasteiger partial charge in [-0.3, -0.25) is 9.69 Å². The average Bonchev–Trinajstić information content (AvgIpc) is 3.61. The Morgan fingerprint density at radius 1 is 0.884 bits per heavy atom. The van der Waals surface area contributed by atoms with Crippen LogP contribution >= 0.6 is 0 Å². The standard InChI is InChI=1S/C34H58N4O3.C2H6/c1-6-8-17-36(5)20-15-30-21-29(28-22-31(27-13-12-14-27)34-32(23-28)40-26-41-34)24-38(30)25-33(39)37(18-9-7-2)19-11-10-16-35(3)4;1-2/h22-23,27,29-30H,6-21,24-26H2,1-5H3;1-2H3.